The average molecular weight is 306 g/mol. The highest BCUT2D eigenvalue weighted by molar-refractivity contribution is 7.89. The molecule has 19 heavy (non-hydrogen) atoms. The highest BCUT2D eigenvalue weighted by Gasteiger charge is 2.26. The Balaban J connectivity index is 3.11. The van der Waals surface area contributed by atoms with Gasteiger partial charge < -0.3 is 5.11 Å². The molecule has 0 aromatic heterocycles. The summed E-state index contributed by atoms with van der Waals surface area (Å²) in [5, 5.41) is 9.50. The molecule has 1 aromatic rings. The summed E-state index contributed by atoms with van der Waals surface area (Å²) in [4.78, 5) is 0.0819. The van der Waals surface area contributed by atoms with E-state index < -0.39 is 16.1 Å². The van der Waals surface area contributed by atoms with Crippen LogP contribution in [0.25, 0.3) is 0 Å². The predicted octanol–water partition coefficient (Wildman–Crippen LogP) is 2.33. The average Bonchev–Trinajstić information content (AvgIpc) is 2.34. The van der Waals surface area contributed by atoms with Gasteiger partial charge in [0.1, 0.15) is 4.90 Å². The zero-order valence-corrected chi connectivity index (χ0v) is 12.9. The lowest BCUT2D eigenvalue weighted by atomic mass is 10.0. The first kappa shape index (κ1) is 16.4. The Bertz CT molecular complexity index is 510. The lowest BCUT2D eigenvalue weighted by molar-refractivity contribution is 0.219. The molecule has 1 aromatic carbocycles. The smallest absolute Gasteiger partial charge is 0.242 e. The van der Waals surface area contributed by atoms with E-state index in [0.717, 1.165) is 6.42 Å². The quantitative estimate of drug-likeness (QED) is 0.847. The van der Waals surface area contributed by atoms with Crippen LogP contribution < -0.4 is 4.72 Å². The highest BCUT2D eigenvalue weighted by Crippen LogP contribution is 2.25. The Hall–Kier alpha value is -0.620. The monoisotopic (exact) mass is 305 g/mol. The van der Waals surface area contributed by atoms with Crippen LogP contribution >= 0.6 is 11.6 Å². The Morgan fingerprint density at radius 3 is 2.53 bits per heavy atom. The Kier molecular flexibility index (Phi) is 5.80. The first-order valence-corrected chi connectivity index (χ1v) is 8.07. The van der Waals surface area contributed by atoms with Crippen molar-refractivity contribution in [3.05, 3.63) is 28.8 Å². The molecule has 2 unspecified atom stereocenters. The fourth-order valence-electron chi connectivity index (χ4n) is 1.83. The minimum Gasteiger partial charge on any atom is -0.395 e. The van der Waals surface area contributed by atoms with E-state index in [9.17, 15) is 13.5 Å². The summed E-state index contributed by atoms with van der Waals surface area (Å²) >= 11 is 5.97. The van der Waals surface area contributed by atoms with Gasteiger partial charge in [0.25, 0.3) is 0 Å². The fraction of sp³-hybridized carbons (Fsp3) is 0.538. The van der Waals surface area contributed by atoms with Gasteiger partial charge in [-0.2, -0.15) is 0 Å². The zero-order chi connectivity index (χ0) is 14.6. The van der Waals surface area contributed by atoms with Crippen LogP contribution in [0.1, 0.15) is 25.8 Å². The standard InChI is InChI=1S/C13H20ClNO3S/c1-4-9(2)12(8-16)15-19(17,18)13-10(3)6-5-7-11(13)14/h5-7,9,12,15-16H,4,8H2,1-3H3. The highest BCUT2D eigenvalue weighted by atomic mass is 35.5. The van der Waals surface area contributed by atoms with Crippen LogP contribution in [0.3, 0.4) is 0 Å². The van der Waals surface area contributed by atoms with E-state index in [1.54, 1.807) is 25.1 Å². The molecule has 0 saturated heterocycles. The van der Waals surface area contributed by atoms with Crippen LogP contribution in [0.5, 0.6) is 0 Å². The molecular weight excluding hydrogens is 286 g/mol. The second kappa shape index (κ2) is 6.70. The molecule has 0 radical (unpaired) electrons. The molecule has 108 valence electrons. The number of benzene rings is 1. The van der Waals surface area contributed by atoms with Crippen molar-refractivity contribution in [2.45, 2.75) is 38.1 Å². The summed E-state index contributed by atoms with van der Waals surface area (Å²) in [6.45, 7) is 5.29. The number of hydrogen-bond donors (Lipinski definition) is 2. The number of rotatable bonds is 6. The SMILES string of the molecule is CCC(C)C(CO)NS(=O)(=O)c1c(C)cccc1Cl. The van der Waals surface area contributed by atoms with Crippen LogP contribution in [0.15, 0.2) is 23.1 Å². The van der Waals surface area contributed by atoms with Gasteiger partial charge in [-0.15, -0.1) is 0 Å². The second-order valence-corrected chi connectivity index (χ2v) is 6.74. The molecule has 0 heterocycles. The summed E-state index contributed by atoms with van der Waals surface area (Å²) < 4.78 is 27.2. The molecule has 2 atom stereocenters. The van der Waals surface area contributed by atoms with Crippen molar-refractivity contribution in [1.29, 1.82) is 0 Å². The van der Waals surface area contributed by atoms with Crippen LogP contribution in [0.4, 0.5) is 0 Å². The summed E-state index contributed by atoms with van der Waals surface area (Å²) in [6.07, 6.45) is 0.773. The molecule has 1 rings (SSSR count). The minimum atomic E-state index is -3.73. The summed E-state index contributed by atoms with van der Waals surface area (Å²) in [7, 11) is -3.73. The number of nitrogens with one attached hydrogen (secondary N) is 1. The number of hydrogen-bond acceptors (Lipinski definition) is 3. The van der Waals surface area contributed by atoms with Gasteiger partial charge in [-0.1, -0.05) is 44.0 Å². The molecule has 0 aliphatic rings. The molecule has 0 saturated carbocycles. The van der Waals surface area contributed by atoms with Crippen LogP contribution in [-0.4, -0.2) is 26.2 Å². The second-order valence-electron chi connectivity index (χ2n) is 4.68. The van der Waals surface area contributed by atoms with E-state index in [0.29, 0.717) is 5.56 Å². The van der Waals surface area contributed by atoms with E-state index in [2.05, 4.69) is 4.72 Å². The lowest BCUT2D eigenvalue weighted by Gasteiger charge is -2.22. The number of sulfonamides is 1. The molecule has 4 nitrogen and oxygen atoms in total. The third kappa shape index (κ3) is 3.92. The van der Waals surface area contributed by atoms with Gasteiger partial charge in [-0.05, 0) is 24.5 Å². The maximum absolute atomic E-state index is 12.4. The van der Waals surface area contributed by atoms with Crippen molar-refractivity contribution >= 4 is 21.6 Å². The van der Waals surface area contributed by atoms with Crippen molar-refractivity contribution in [1.82, 2.24) is 4.72 Å². The van der Waals surface area contributed by atoms with E-state index in [4.69, 9.17) is 11.6 Å². The third-order valence-corrected chi connectivity index (χ3v) is 5.39. The minimum absolute atomic E-state index is 0.0440. The van der Waals surface area contributed by atoms with Gasteiger partial charge in [-0.25, -0.2) is 13.1 Å². The predicted molar refractivity (Wildman–Crippen MR) is 76.8 cm³/mol. The summed E-state index contributed by atoms with van der Waals surface area (Å²) in [5.41, 5.74) is 0.584. The van der Waals surface area contributed by atoms with Crippen molar-refractivity contribution in [3.8, 4) is 0 Å². The van der Waals surface area contributed by atoms with Gasteiger partial charge in [0.15, 0.2) is 0 Å². The number of aryl methyl sites for hydroxylation is 1. The van der Waals surface area contributed by atoms with E-state index in [1.165, 1.54) is 0 Å². The third-order valence-electron chi connectivity index (χ3n) is 3.27. The zero-order valence-electron chi connectivity index (χ0n) is 11.4. The molecule has 0 spiro atoms. The first-order valence-electron chi connectivity index (χ1n) is 6.21. The van der Waals surface area contributed by atoms with E-state index in [-0.39, 0.29) is 22.4 Å². The Morgan fingerprint density at radius 1 is 1.42 bits per heavy atom. The van der Waals surface area contributed by atoms with E-state index in [1.807, 2.05) is 13.8 Å². The molecule has 0 aliphatic carbocycles. The van der Waals surface area contributed by atoms with Crippen molar-refractivity contribution < 1.29 is 13.5 Å². The first-order chi connectivity index (χ1) is 8.83. The molecule has 0 aliphatic heterocycles. The topological polar surface area (TPSA) is 66.4 Å². The maximum Gasteiger partial charge on any atom is 0.242 e. The molecule has 0 bridgehead atoms. The van der Waals surface area contributed by atoms with Crippen LogP contribution in [-0.2, 0) is 10.0 Å². The Labute approximate surface area is 119 Å². The molecule has 6 heteroatoms. The van der Waals surface area contributed by atoms with Gasteiger partial charge in [0.05, 0.1) is 11.6 Å². The molecule has 0 amide bonds. The normalized spacial score (nSPS) is 15.2. The van der Waals surface area contributed by atoms with Gasteiger partial charge in [0.2, 0.25) is 10.0 Å². The molecule has 0 fully saturated rings. The lowest BCUT2D eigenvalue weighted by Crippen LogP contribution is -2.42. The van der Waals surface area contributed by atoms with Crippen molar-refractivity contribution in [2.24, 2.45) is 5.92 Å². The van der Waals surface area contributed by atoms with Crippen molar-refractivity contribution in [2.75, 3.05) is 6.61 Å². The number of halogens is 1. The van der Waals surface area contributed by atoms with Crippen molar-refractivity contribution in [3.63, 3.8) is 0 Å². The number of aliphatic hydroxyl groups excluding tert-OH is 1. The number of aliphatic hydroxyl groups is 1. The van der Waals surface area contributed by atoms with Gasteiger partial charge >= 0.3 is 0 Å². The fourth-order valence-corrected chi connectivity index (χ4v) is 4.00. The molecular formula is C13H20ClNO3S. The largest absolute Gasteiger partial charge is 0.395 e. The van der Waals surface area contributed by atoms with Gasteiger partial charge in [-0.3, -0.25) is 0 Å². The van der Waals surface area contributed by atoms with Crippen LogP contribution in [0, 0.1) is 12.8 Å². The van der Waals surface area contributed by atoms with Gasteiger partial charge in [0, 0.05) is 6.04 Å². The molecule has 2 N–H and O–H groups in total. The summed E-state index contributed by atoms with van der Waals surface area (Å²) in [5.74, 6) is 0.0440. The van der Waals surface area contributed by atoms with Crippen LogP contribution in [0.2, 0.25) is 5.02 Å². The summed E-state index contributed by atoms with van der Waals surface area (Å²) in [6, 6.07) is 4.43. The van der Waals surface area contributed by atoms with E-state index >= 15 is 0 Å². The Morgan fingerprint density at radius 2 is 2.05 bits per heavy atom. The maximum atomic E-state index is 12.4.